The molecule has 0 aliphatic heterocycles. The molecule has 2 rings (SSSR count). The van der Waals surface area contributed by atoms with E-state index < -0.39 is 0 Å². The van der Waals surface area contributed by atoms with Gasteiger partial charge in [0.2, 0.25) is 0 Å². The molecule has 0 saturated heterocycles. The molecule has 0 unspecified atom stereocenters. The molecule has 1 aliphatic carbocycles. The first-order valence-electron chi connectivity index (χ1n) is 5.63. The smallest absolute Gasteiger partial charge is 0.190 e. The lowest BCUT2D eigenvalue weighted by Gasteiger charge is -2.05. The largest absolute Gasteiger partial charge is 0.492 e. The number of ketones is 1. The van der Waals surface area contributed by atoms with Gasteiger partial charge >= 0.3 is 0 Å². The van der Waals surface area contributed by atoms with E-state index in [-0.39, 0.29) is 5.78 Å². The Morgan fingerprint density at radius 1 is 1.50 bits per heavy atom. The second-order valence-corrected chi connectivity index (χ2v) is 3.79. The monoisotopic (exact) mass is 217 g/mol. The molecule has 0 amide bonds. The molecule has 1 aromatic heterocycles. The van der Waals surface area contributed by atoms with Crippen molar-refractivity contribution < 1.29 is 9.53 Å². The van der Waals surface area contributed by atoms with Crippen molar-refractivity contribution in [1.29, 1.82) is 0 Å². The van der Waals surface area contributed by atoms with Crippen LogP contribution in [0.25, 0.3) is 0 Å². The molecule has 84 valence electrons. The van der Waals surface area contributed by atoms with Gasteiger partial charge in [-0.15, -0.1) is 0 Å². The van der Waals surface area contributed by atoms with Crippen molar-refractivity contribution in [2.45, 2.75) is 26.2 Å². The van der Waals surface area contributed by atoms with Gasteiger partial charge in [0.15, 0.2) is 5.78 Å². The van der Waals surface area contributed by atoms with Gasteiger partial charge in [-0.25, -0.2) is 0 Å². The molecular weight excluding hydrogens is 202 g/mol. The molecule has 1 aliphatic rings. The molecular formula is C13H15NO2. The molecule has 0 radical (unpaired) electrons. The van der Waals surface area contributed by atoms with Crippen LogP contribution in [0.4, 0.5) is 0 Å². The first kappa shape index (κ1) is 10.9. The van der Waals surface area contributed by atoms with Crippen molar-refractivity contribution in [1.82, 2.24) is 4.98 Å². The standard InChI is InChI=1S/C13H15NO2/c1-2-16-12-7-11(8-14-9-12)13(15)10-5-3-4-6-10/h5,7-9H,2-4,6H2,1H3. The zero-order valence-corrected chi connectivity index (χ0v) is 9.40. The average molecular weight is 217 g/mol. The summed E-state index contributed by atoms with van der Waals surface area (Å²) in [5, 5.41) is 0. The van der Waals surface area contributed by atoms with Crippen molar-refractivity contribution in [2.75, 3.05) is 6.61 Å². The Kier molecular flexibility index (Phi) is 3.34. The van der Waals surface area contributed by atoms with Gasteiger partial charge in [-0.1, -0.05) is 6.08 Å². The molecule has 1 heterocycles. The number of Topliss-reactive ketones (excluding diaryl/α,β-unsaturated/α-hetero) is 1. The number of nitrogens with zero attached hydrogens (tertiary/aromatic N) is 1. The number of hydrogen-bond donors (Lipinski definition) is 0. The maximum absolute atomic E-state index is 12.0. The van der Waals surface area contributed by atoms with Crippen LogP contribution in [-0.2, 0) is 0 Å². The highest BCUT2D eigenvalue weighted by molar-refractivity contribution is 6.08. The highest BCUT2D eigenvalue weighted by atomic mass is 16.5. The summed E-state index contributed by atoms with van der Waals surface area (Å²) in [5.74, 6) is 0.749. The van der Waals surface area contributed by atoms with Crippen LogP contribution in [0.2, 0.25) is 0 Å². The fourth-order valence-corrected chi connectivity index (χ4v) is 1.85. The van der Waals surface area contributed by atoms with E-state index >= 15 is 0 Å². The topological polar surface area (TPSA) is 39.2 Å². The van der Waals surface area contributed by atoms with E-state index in [2.05, 4.69) is 4.98 Å². The van der Waals surface area contributed by atoms with Crippen molar-refractivity contribution in [3.63, 3.8) is 0 Å². The van der Waals surface area contributed by atoms with E-state index in [0.29, 0.717) is 17.9 Å². The van der Waals surface area contributed by atoms with Gasteiger partial charge in [0.05, 0.1) is 12.8 Å². The highest BCUT2D eigenvalue weighted by Crippen LogP contribution is 2.22. The third-order valence-corrected chi connectivity index (χ3v) is 2.62. The lowest BCUT2D eigenvalue weighted by Crippen LogP contribution is -2.03. The van der Waals surface area contributed by atoms with Gasteiger partial charge in [-0.05, 0) is 37.8 Å². The summed E-state index contributed by atoms with van der Waals surface area (Å²) >= 11 is 0. The number of aromatic nitrogens is 1. The molecule has 0 spiro atoms. The zero-order chi connectivity index (χ0) is 11.4. The molecule has 0 atom stereocenters. The van der Waals surface area contributed by atoms with Gasteiger partial charge in [0.1, 0.15) is 5.75 Å². The average Bonchev–Trinajstić information content (AvgIpc) is 2.82. The summed E-state index contributed by atoms with van der Waals surface area (Å²) in [7, 11) is 0. The third kappa shape index (κ3) is 2.30. The zero-order valence-electron chi connectivity index (χ0n) is 9.40. The fourth-order valence-electron chi connectivity index (χ4n) is 1.85. The number of carbonyl (C=O) groups is 1. The predicted molar refractivity (Wildman–Crippen MR) is 61.7 cm³/mol. The van der Waals surface area contributed by atoms with Crippen LogP contribution in [0.5, 0.6) is 5.75 Å². The number of ether oxygens (including phenoxy) is 1. The van der Waals surface area contributed by atoms with Crippen molar-refractivity contribution >= 4 is 5.78 Å². The Labute approximate surface area is 95.2 Å². The Morgan fingerprint density at radius 3 is 3.06 bits per heavy atom. The molecule has 0 aromatic carbocycles. The fraction of sp³-hybridized carbons (Fsp3) is 0.385. The maximum Gasteiger partial charge on any atom is 0.190 e. The molecule has 16 heavy (non-hydrogen) atoms. The molecule has 0 N–H and O–H groups in total. The van der Waals surface area contributed by atoms with E-state index in [9.17, 15) is 4.79 Å². The van der Waals surface area contributed by atoms with Gasteiger partial charge in [0.25, 0.3) is 0 Å². The summed E-state index contributed by atoms with van der Waals surface area (Å²) in [4.78, 5) is 16.1. The first-order chi connectivity index (χ1) is 7.81. The molecule has 3 heteroatoms. The van der Waals surface area contributed by atoms with E-state index in [4.69, 9.17) is 4.74 Å². The van der Waals surface area contributed by atoms with Gasteiger partial charge in [-0.2, -0.15) is 0 Å². The second-order valence-electron chi connectivity index (χ2n) is 3.79. The normalized spacial score (nSPS) is 14.7. The van der Waals surface area contributed by atoms with Crippen LogP contribution in [0, 0.1) is 0 Å². The molecule has 0 saturated carbocycles. The third-order valence-electron chi connectivity index (χ3n) is 2.62. The lowest BCUT2D eigenvalue weighted by molar-refractivity contribution is 0.103. The van der Waals surface area contributed by atoms with Crippen molar-refractivity contribution in [2.24, 2.45) is 0 Å². The molecule has 1 aromatic rings. The summed E-state index contributed by atoms with van der Waals surface area (Å²) < 4.78 is 5.33. The highest BCUT2D eigenvalue weighted by Gasteiger charge is 2.15. The predicted octanol–water partition coefficient (Wildman–Crippen LogP) is 2.77. The van der Waals surface area contributed by atoms with Crippen LogP contribution in [0.1, 0.15) is 36.5 Å². The Bertz CT molecular complexity index is 424. The summed E-state index contributed by atoms with van der Waals surface area (Å²) in [6.45, 7) is 2.50. The van der Waals surface area contributed by atoms with Gasteiger partial charge in [0, 0.05) is 11.8 Å². The number of pyridine rings is 1. The Hall–Kier alpha value is -1.64. The maximum atomic E-state index is 12.0. The SMILES string of the molecule is CCOc1cncc(C(=O)C2=CCCC2)c1. The van der Waals surface area contributed by atoms with Crippen LogP contribution in [0.15, 0.2) is 30.1 Å². The van der Waals surface area contributed by atoms with Gasteiger partial charge < -0.3 is 4.74 Å². The van der Waals surface area contributed by atoms with Crippen LogP contribution < -0.4 is 4.74 Å². The number of hydrogen-bond acceptors (Lipinski definition) is 3. The van der Waals surface area contributed by atoms with Crippen molar-refractivity contribution in [3.05, 3.63) is 35.7 Å². The van der Waals surface area contributed by atoms with Crippen LogP contribution >= 0.6 is 0 Å². The second kappa shape index (κ2) is 4.92. The van der Waals surface area contributed by atoms with E-state index in [1.807, 2.05) is 13.0 Å². The molecule has 0 fully saturated rings. The van der Waals surface area contributed by atoms with E-state index in [1.54, 1.807) is 18.5 Å². The number of rotatable bonds is 4. The van der Waals surface area contributed by atoms with E-state index in [1.165, 1.54) is 0 Å². The number of allylic oxidation sites excluding steroid dienone is 2. The minimum absolute atomic E-state index is 0.0894. The van der Waals surface area contributed by atoms with Crippen molar-refractivity contribution in [3.8, 4) is 5.75 Å². The van der Waals surface area contributed by atoms with Crippen LogP contribution in [0.3, 0.4) is 0 Å². The summed E-state index contributed by atoms with van der Waals surface area (Å²) in [5.41, 5.74) is 1.54. The lowest BCUT2D eigenvalue weighted by atomic mass is 10.0. The number of carbonyl (C=O) groups excluding carboxylic acids is 1. The van der Waals surface area contributed by atoms with Crippen LogP contribution in [-0.4, -0.2) is 17.4 Å². The molecule has 3 nitrogen and oxygen atoms in total. The van der Waals surface area contributed by atoms with Gasteiger partial charge in [-0.3, -0.25) is 9.78 Å². The summed E-state index contributed by atoms with van der Waals surface area (Å²) in [6, 6.07) is 1.76. The minimum atomic E-state index is 0.0894. The first-order valence-corrected chi connectivity index (χ1v) is 5.63. The minimum Gasteiger partial charge on any atom is -0.492 e. The Morgan fingerprint density at radius 2 is 2.38 bits per heavy atom. The van der Waals surface area contributed by atoms with E-state index in [0.717, 1.165) is 24.8 Å². The molecule has 0 bridgehead atoms. The quantitative estimate of drug-likeness (QED) is 0.728. The Balaban J connectivity index is 2.19. The summed E-state index contributed by atoms with van der Waals surface area (Å²) in [6.07, 6.45) is 8.24.